The molecule has 2 rings (SSSR count). The van der Waals surface area contributed by atoms with Gasteiger partial charge < -0.3 is 19.1 Å². The van der Waals surface area contributed by atoms with E-state index < -0.39 is 15.8 Å². The molecule has 0 fully saturated rings. The lowest BCUT2D eigenvalue weighted by molar-refractivity contribution is 0.164. The first kappa shape index (κ1) is 26.5. The Labute approximate surface area is 200 Å². The second kappa shape index (κ2) is 12.4. The molecule has 1 atom stereocenters. The summed E-state index contributed by atoms with van der Waals surface area (Å²) in [5.74, 6) is 3.67. The van der Waals surface area contributed by atoms with E-state index in [1.807, 2.05) is 14.1 Å². The SMILES string of the molecule is CCOC(=O)N=S(=O)(CC)c1cccc(COc2cc(N=C=CN(C)C)c(C#N)cc2OC)c1. The maximum atomic E-state index is 13.2. The Kier molecular flexibility index (Phi) is 9.68. The van der Waals surface area contributed by atoms with Crippen molar-refractivity contribution in [3.05, 3.63) is 53.7 Å². The molecule has 0 saturated carbocycles. The third-order valence-corrected chi connectivity index (χ3v) is 6.66. The first-order valence-electron chi connectivity index (χ1n) is 10.5. The summed E-state index contributed by atoms with van der Waals surface area (Å²) in [6, 6.07) is 12.1. The predicted molar refractivity (Wildman–Crippen MR) is 130 cm³/mol. The molecule has 2 aromatic rings. The van der Waals surface area contributed by atoms with Gasteiger partial charge in [0, 0.05) is 42.7 Å². The zero-order valence-corrected chi connectivity index (χ0v) is 20.7. The number of nitrogens with zero attached hydrogens (tertiary/aromatic N) is 4. The van der Waals surface area contributed by atoms with E-state index in [0.717, 1.165) is 0 Å². The Bertz CT molecular complexity index is 1250. The molecule has 180 valence electrons. The topological polar surface area (TPSA) is 114 Å². The molecule has 9 nitrogen and oxygen atoms in total. The van der Waals surface area contributed by atoms with Crippen LogP contribution in [0.15, 0.2) is 56.8 Å². The van der Waals surface area contributed by atoms with Crippen LogP contribution in [0.5, 0.6) is 11.5 Å². The minimum atomic E-state index is -2.97. The van der Waals surface area contributed by atoms with Gasteiger partial charge in [-0.1, -0.05) is 19.1 Å². The Morgan fingerprint density at radius 2 is 1.97 bits per heavy atom. The lowest BCUT2D eigenvalue weighted by Crippen LogP contribution is -2.10. The summed E-state index contributed by atoms with van der Waals surface area (Å²) in [5, 5.41) is 9.45. The van der Waals surface area contributed by atoms with Gasteiger partial charge in [0.15, 0.2) is 11.5 Å². The van der Waals surface area contributed by atoms with Crippen LogP contribution >= 0.6 is 0 Å². The number of carbonyl (C=O) groups excluding carboxylic acids is 1. The molecule has 0 aliphatic heterocycles. The minimum absolute atomic E-state index is 0.117. The first-order chi connectivity index (χ1) is 16.3. The van der Waals surface area contributed by atoms with E-state index in [1.54, 1.807) is 61.3 Å². The average molecular weight is 485 g/mol. The minimum Gasteiger partial charge on any atom is -0.493 e. The highest BCUT2D eigenvalue weighted by Crippen LogP contribution is 2.35. The fourth-order valence-electron chi connectivity index (χ4n) is 2.77. The van der Waals surface area contributed by atoms with E-state index in [2.05, 4.69) is 21.3 Å². The number of amides is 1. The molecule has 2 aromatic carbocycles. The lowest BCUT2D eigenvalue weighted by Gasteiger charge is -2.13. The van der Waals surface area contributed by atoms with E-state index in [4.69, 9.17) is 14.2 Å². The van der Waals surface area contributed by atoms with Crippen molar-refractivity contribution in [3.8, 4) is 17.6 Å². The first-order valence-corrected chi connectivity index (χ1v) is 12.2. The van der Waals surface area contributed by atoms with E-state index in [9.17, 15) is 14.3 Å². The van der Waals surface area contributed by atoms with Crippen LogP contribution in [0.1, 0.15) is 25.0 Å². The quantitative estimate of drug-likeness (QED) is 0.481. The number of ether oxygens (including phenoxy) is 3. The second-order valence-corrected chi connectivity index (χ2v) is 9.63. The zero-order valence-electron chi connectivity index (χ0n) is 19.9. The fourth-order valence-corrected chi connectivity index (χ4v) is 4.25. The monoisotopic (exact) mass is 484 g/mol. The van der Waals surface area contributed by atoms with E-state index in [-0.39, 0.29) is 19.0 Å². The van der Waals surface area contributed by atoms with Gasteiger partial charge in [-0.2, -0.15) is 5.26 Å². The normalized spacial score (nSPS) is 11.8. The van der Waals surface area contributed by atoms with Gasteiger partial charge in [-0.3, -0.25) is 0 Å². The molecule has 0 aliphatic rings. The summed E-state index contributed by atoms with van der Waals surface area (Å²) >= 11 is 0. The van der Waals surface area contributed by atoms with Crippen molar-refractivity contribution in [1.29, 1.82) is 5.26 Å². The Balaban J connectivity index is 2.37. The maximum absolute atomic E-state index is 13.2. The summed E-state index contributed by atoms with van der Waals surface area (Å²) in [4.78, 5) is 18.2. The molecule has 0 bridgehead atoms. The number of carbonyl (C=O) groups is 1. The van der Waals surface area contributed by atoms with Crippen molar-refractivity contribution in [2.45, 2.75) is 25.3 Å². The molecule has 0 radical (unpaired) electrons. The number of hydrogen-bond acceptors (Lipinski definition) is 8. The van der Waals surface area contributed by atoms with Gasteiger partial charge >= 0.3 is 6.09 Å². The van der Waals surface area contributed by atoms with Crippen molar-refractivity contribution in [2.75, 3.05) is 33.6 Å². The van der Waals surface area contributed by atoms with Gasteiger partial charge in [0.25, 0.3) is 0 Å². The molecule has 34 heavy (non-hydrogen) atoms. The predicted octanol–water partition coefficient (Wildman–Crippen LogP) is 4.53. The number of aliphatic imine (C=N–C) groups is 1. The van der Waals surface area contributed by atoms with Gasteiger partial charge in [0.05, 0.1) is 40.9 Å². The van der Waals surface area contributed by atoms with Crippen molar-refractivity contribution in [3.63, 3.8) is 0 Å². The molecule has 0 aliphatic carbocycles. The third kappa shape index (κ3) is 7.10. The highest BCUT2D eigenvalue weighted by Gasteiger charge is 2.16. The molecule has 1 unspecified atom stereocenters. The highest BCUT2D eigenvalue weighted by atomic mass is 32.2. The standard InChI is InChI=1S/C24H28N4O5S/c1-6-32-24(29)27-34(30,7-2)20-10-8-9-18(13-20)17-33-23-15-21(26-11-12-28(3)4)19(16-25)14-22(23)31-5/h8-10,12-15H,6-7,17H2,1-5H3. The molecular formula is C24H28N4O5S. The number of hydrogen-bond donors (Lipinski definition) is 0. The number of rotatable bonds is 9. The highest BCUT2D eigenvalue weighted by molar-refractivity contribution is 7.93. The van der Waals surface area contributed by atoms with Crippen molar-refractivity contribution >= 4 is 27.4 Å². The van der Waals surface area contributed by atoms with Crippen LogP contribution in [0.25, 0.3) is 0 Å². The lowest BCUT2D eigenvalue weighted by atomic mass is 10.1. The molecular weight excluding hydrogens is 456 g/mol. The largest absolute Gasteiger partial charge is 0.493 e. The van der Waals surface area contributed by atoms with Crippen molar-refractivity contribution < 1.29 is 23.2 Å². The van der Waals surface area contributed by atoms with Gasteiger partial charge in [-0.15, -0.1) is 4.36 Å². The molecule has 0 N–H and O–H groups in total. The van der Waals surface area contributed by atoms with Gasteiger partial charge in [0.2, 0.25) is 0 Å². The Morgan fingerprint density at radius 3 is 2.59 bits per heavy atom. The summed E-state index contributed by atoms with van der Waals surface area (Å²) in [6.45, 7) is 3.62. The summed E-state index contributed by atoms with van der Waals surface area (Å²) < 4.78 is 33.2. The number of benzene rings is 2. The van der Waals surface area contributed by atoms with Crippen LogP contribution in [-0.4, -0.2) is 54.6 Å². The van der Waals surface area contributed by atoms with Crippen molar-refractivity contribution in [2.24, 2.45) is 9.36 Å². The number of nitriles is 1. The van der Waals surface area contributed by atoms with Crippen LogP contribution in [0, 0.1) is 11.3 Å². The molecule has 0 heterocycles. The Morgan fingerprint density at radius 1 is 1.21 bits per heavy atom. The van der Waals surface area contributed by atoms with Gasteiger partial charge in [-0.25, -0.2) is 14.0 Å². The molecule has 1 amide bonds. The molecule has 0 spiro atoms. The van der Waals surface area contributed by atoms with Gasteiger partial charge in [-0.05, 0) is 24.6 Å². The smallest absolute Gasteiger partial charge is 0.442 e. The van der Waals surface area contributed by atoms with E-state index in [0.29, 0.717) is 33.2 Å². The van der Waals surface area contributed by atoms with Crippen LogP contribution < -0.4 is 9.47 Å². The second-order valence-electron chi connectivity index (χ2n) is 7.12. The molecule has 10 heteroatoms. The van der Waals surface area contributed by atoms with Crippen LogP contribution in [-0.2, 0) is 21.1 Å². The number of methoxy groups -OCH3 is 1. The van der Waals surface area contributed by atoms with Gasteiger partial charge in [0.1, 0.15) is 12.7 Å². The maximum Gasteiger partial charge on any atom is 0.442 e. The summed E-state index contributed by atoms with van der Waals surface area (Å²) in [7, 11) is 2.17. The fraction of sp³-hybridized carbons (Fsp3) is 0.333. The Hall–Kier alpha value is -3.80. The average Bonchev–Trinajstić information content (AvgIpc) is 2.82. The van der Waals surface area contributed by atoms with Crippen molar-refractivity contribution in [1.82, 2.24) is 4.90 Å². The third-order valence-electron chi connectivity index (χ3n) is 4.45. The molecule has 0 aromatic heterocycles. The van der Waals surface area contributed by atoms with E-state index in [1.165, 1.54) is 7.11 Å². The van der Waals surface area contributed by atoms with Crippen LogP contribution in [0.3, 0.4) is 0 Å². The zero-order chi connectivity index (χ0) is 25.1. The van der Waals surface area contributed by atoms with E-state index >= 15 is 0 Å². The summed E-state index contributed by atoms with van der Waals surface area (Å²) in [5.41, 5.74) is 1.41. The van der Waals surface area contributed by atoms with Crippen LogP contribution in [0.4, 0.5) is 10.5 Å². The molecule has 0 saturated heterocycles. The summed E-state index contributed by atoms with van der Waals surface area (Å²) in [6.07, 6.45) is 0.777. The van der Waals surface area contributed by atoms with Crippen LogP contribution in [0.2, 0.25) is 0 Å².